The van der Waals surface area contributed by atoms with Crippen molar-refractivity contribution in [3.63, 3.8) is 0 Å². The molecule has 0 aliphatic carbocycles. The van der Waals surface area contributed by atoms with Gasteiger partial charge in [-0.3, -0.25) is 0 Å². The molecule has 1 N–H and O–H groups in total. The number of rotatable bonds is 0. The molecule has 0 spiro atoms. The molecule has 10 heavy (non-hydrogen) atoms. The minimum atomic E-state index is -4.03. The molecule has 0 aromatic rings. The first kappa shape index (κ1) is 10.0. The van der Waals surface area contributed by atoms with Crippen LogP contribution in [0.4, 0.5) is 13.2 Å². The second-order valence-corrected chi connectivity index (χ2v) is 2.19. The van der Waals surface area contributed by atoms with Crippen LogP contribution in [0.3, 0.4) is 0 Å². The van der Waals surface area contributed by atoms with Crippen LogP contribution in [0.5, 0.6) is 0 Å². The summed E-state index contributed by atoms with van der Waals surface area (Å²) in [6.45, 7) is 0.504. The smallest absolute Gasteiger partial charge is 0.306 e. The van der Waals surface area contributed by atoms with Gasteiger partial charge in [-0.1, -0.05) is 0 Å². The molecule has 1 aliphatic rings. The minimum absolute atomic E-state index is 0. The summed E-state index contributed by atoms with van der Waals surface area (Å²) in [5.41, 5.74) is 0. The van der Waals surface area contributed by atoms with E-state index in [1.165, 1.54) is 0 Å². The van der Waals surface area contributed by atoms with Gasteiger partial charge in [0.05, 0.1) is 0 Å². The molecular formula is C5H9ClF3N. The lowest BCUT2D eigenvalue weighted by atomic mass is 10.2. The monoisotopic (exact) mass is 175 g/mol. The predicted octanol–water partition coefficient (Wildman–Crippen LogP) is 1.72. The van der Waals surface area contributed by atoms with Crippen molar-refractivity contribution >= 4 is 12.4 Å². The van der Waals surface area contributed by atoms with Gasteiger partial charge in [0.15, 0.2) is 0 Å². The van der Waals surface area contributed by atoms with E-state index in [0.717, 1.165) is 0 Å². The summed E-state index contributed by atoms with van der Waals surface area (Å²) in [6, 6.07) is -1.24. The summed E-state index contributed by atoms with van der Waals surface area (Å²) in [5, 5.41) is 2.37. The fraction of sp³-hybridized carbons (Fsp3) is 1.00. The molecule has 0 saturated carbocycles. The molecule has 0 amide bonds. The van der Waals surface area contributed by atoms with Crippen LogP contribution in [-0.2, 0) is 0 Å². The van der Waals surface area contributed by atoms with Crippen molar-refractivity contribution < 1.29 is 13.2 Å². The molecule has 1 saturated heterocycles. The van der Waals surface area contributed by atoms with Gasteiger partial charge < -0.3 is 5.32 Å². The van der Waals surface area contributed by atoms with Crippen molar-refractivity contribution in [3.05, 3.63) is 0 Å². The van der Waals surface area contributed by atoms with Crippen LogP contribution >= 0.6 is 12.4 Å². The van der Waals surface area contributed by atoms with Crippen LogP contribution in [0.1, 0.15) is 12.8 Å². The van der Waals surface area contributed by atoms with Crippen molar-refractivity contribution in [1.29, 1.82) is 0 Å². The molecule has 1 nitrogen and oxygen atoms in total. The summed E-state index contributed by atoms with van der Waals surface area (Å²) in [7, 11) is 0. The number of hydrogen-bond donors (Lipinski definition) is 1. The van der Waals surface area contributed by atoms with Gasteiger partial charge in [-0.25, -0.2) is 0 Å². The Morgan fingerprint density at radius 3 is 2.10 bits per heavy atom. The Hall–Kier alpha value is 0.0400. The molecule has 5 heteroatoms. The molecule has 0 bridgehead atoms. The zero-order chi connectivity index (χ0) is 6.91. The third-order valence-electron chi connectivity index (χ3n) is 1.46. The van der Waals surface area contributed by atoms with E-state index >= 15 is 0 Å². The van der Waals surface area contributed by atoms with Crippen molar-refractivity contribution in [2.45, 2.75) is 25.1 Å². The maximum absolute atomic E-state index is 11.7. The maximum Gasteiger partial charge on any atom is 0.403 e. The van der Waals surface area contributed by atoms with Crippen molar-refractivity contribution in [2.24, 2.45) is 0 Å². The first-order valence-corrected chi connectivity index (χ1v) is 2.91. The molecule has 0 unspecified atom stereocenters. The highest BCUT2D eigenvalue weighted by atomic mass is 35.5. The molecular weight excluding hydrogens is 167 g/mol. The van der Waals surface area contributed by atoms with Gasteiger partial charge in [-0.15, -0.1) is 12.4 Å². The fourth-order valence-electron chi connectivity index (χ4n) is 0.964. The standard InChI is InChI=1S/C5H8F3N.ClH/c6-5(7,8)4-2-1-3-9-4;/h4,9H,1-3H2;1H/t4-;/m0./s1. The molecule has 1 atom stereocenters. The van der Waals surface area contributed by atoms with Crippen molar-refractivity contribution in [1.82, 2.24) is 5.32 Å². The molecule has 1 rings (SSSR count). The highest BCUT2D eigenvalue weighted by Crippen LogP contribution is 2.25. The number of alkyl halides is 3. The second-order valence-electron chi connectivity index (χ2n) is 2.19. The van der Waals surface area contributed by atoms with Crippen LogP contribution < -0.4 is 5.32 Å². The lowest BCUT2D eigenvalue weighted by Gasteiger charge is -2.13. The van der Waals surface area contributed by atoms with Crippen molar-refractivity contribution in [3.8, 4) is 0 Å². The summed E-state index contributed by atoms with van der Waals surface area (Å²) in [5.74, 6) is 0. The average molecular weight is 176 g/mol. The zero-order valence-corrected chi connectivity index (χ0v) is 6.06. The molecule has 1 fully saturated rings. The van der Waals surface area contributed by atoms with Crippen LogP contribution in [0, 0.1) is 0 Å². The Labute approximate surface area is 63.4 Å². The van der Waals surface area contributed by atoms with E-state index in [2.05, 4.69) is 5.32 Å². The summed E-state index contributed by atoms with van der Waals surface area (Å²) >= 11 is 0. The van der Waals surface area contributed by atoms with E-state index in [-0.39, 0.29) is 18.8 Å². The van der Waals surface area contributed by atoms with E-state index < -0.39 is 12.2 Å². The topological polar surface area (TPSA) is 12.0 Å². The molecule has 0 aromatic heterocycles. The quantitative estimate of drug-likeness (QED) is 0.591. The average Bonchev–Trinajstić information content (AvgIpc) is 2.08. The van der Waals surface area contributed by atoms with E-state index in [1.54, 1.807) is 0 Å². The summed E-state index contributed by atoms with van der Waals surface area (Å²) in [6.07, 6.45) is -3.15. The Balaban J connectivity index is 0.000000810. The third-order valence-corrected chi connectivity index (χ3v) is 1.46. The van der Waals surface area contributed by atoms with Crippen LogP contribution in [0.2, 0.25) is 0 Å². The first-order chi connectivity index (χ1) is 4.11. The lowest BCUT2D eigenvalue weighted by molar-refractivity contribution is -0.151. The molecule has 62 valence electrons. The van der Waals surface area contributed by atoms with Crippen LogP contribution in [-0.4, -0.2) is 18.8 Å². The Morgan fingerprint density at radius 1 is 1.30 bits per heavy atom. The van der Waals surface area contributed by atoms with Gasteiger partial charge in [-0.05, 0) is 19.4 Å². The largest absolute Gasteiger partial charge is 0.403 e. The van der Waals surface area contributed by atoms with E-state index in [1.807, 2.05) is 0 Å². The van der Waals surface area contributed by atoms with E-state index in [9.17, 15) is 13.2 Å². The Morgan fingerprint density at radius 2 is 1.90 bits per heavy atom. The van der Waals surface area contributed by atoms with Gasteiger partial charge >= 0.3 is 6.18 Å². The molecule has 1 heterocycles. The van der Waals surface area contributed by atoms with Gasteiger partial charge in [0.25, 0.3) is 0 Å². The molecule has 0 aromatic carbocycles. The maximum atomic E-state index is 11.7. The Kier molecular flexibility index (Phi) is 3.45. The van der Waals surface area contributed by atoms with Crippen molar-refractivity contribution in [2.75, 3.05) is 6.54 Å². The number of nitrogens with one attached hydrogen (secondary N) is 1. The van der Waals surface area contributed by atoms with Gasteiger partial charge in [0.2, 0.25) is 0 Å². The number of halogens is 4. The van der Waals surface area contributed by atoms with Gasteiger partial charge in [0, 0.05) is 0 Å². The normalized spacial score (nSPS) is 26.1. The Bertz CT molecular complexity index is 97.6. The highest BCUT2D eigenvalue weighted by molar-refractivity contribution is 5.85. The van der Waals surface area contributed by atoms with Gasteiger partial charge in [0.1, 0.15) is 6.04 Å². The third kappa shape index (κ3) is 2.34. The SMILES string of the molecule is Cl.FC(F)(F)[C@@H]1CCCN1. The first-order valence-electron chi connectivity index (χ1n) is 2.91. The summed E-state index contributed by atoms with van der Waals surface area (Å²) < 4.78 is 35.1. The summed E-state index contributed by atoms with van der Waals surface area (Å²) in [4.78, 5) is 0. The number of hydrogen-bond acceptors (Lipinski definition) is 1. The van der Waals surface area contributed by atoms with Gasteiger partial charge in [-0.2, -0.15) is 13.2 Å². The van der Waals surface area contributed by atoms with Crippen LogP contribution in [0.15, 0.2) is 0 Å². The zero-order valence-electron chi connectivity index (χ0n) is 5.24. The predicted molar refractivity (Wildman–Crippen MR) is 34.3 cm³/mol. The van der Waals surface area contributed by atoms with E-state index in [4.69, 9.17) is 0 Å². The fourth-order valence-corrected chi connectivity index (χ4v) is 0.964. The second kappa shape index (κ2) is 3.44. The molecule has 0 radical (unpaired) electrons. The van der Waals surface area contributed by atoms with E-state index in [0.29, 0.717) is 13.0 Å². The van der Waals surface area contributed by atoms with Crippen LogP contribution in [0.25, 0.3) is 0 Å². The molecule has 1 aliphatic heterocycles. The lowest BCUT2D eigenvalue weighted by Crippen LogP contribution is -2.36. The minimum Gasteiger partial charge on any atom is -0.306 e. The highest BCUT2D eigenvalue weighted by Gasteiger charge is 2.40.